The third-order valence-corrected chi connectivity index (χ3v) is 4.44. The lowest BCUT2D eigenvalue weighted by molar-refractivity contribution is -0.385. The largest absolute Gasteiger partial charge is 0.502 e. The van der Waals surface area contributed by atoms with Crippen molar-refractivity contribution in [3.63, 3.8) is 0 Å². The summed E-state index contributed by atoms with van der Waals surface area (Å²) in [6.07, 6.45) is -0.230. The number of nitro groups is 1. The highest BCUT2D eigenvalue weighted by Crippen LogP contribution is 2.31. The maximum absolute atomic E-state index is 12.5. The predicted octanol–water partition coefficient (Wildman–Crippen LogP) is 3.67. The number of aromatic hydroxyl groups is 1. The summed E-state index contributed by atoms with van der Waals surface area (Å²) in [6.45, 7) is 0. The molecule has 0 unspecified atom stereocenters. The van der Waals surface area contributed by atoms with E-state index in [4.69, 9.17) is 9.84 Å². The molecule has 0 aliphatic carbocycles. The van der Waals surface area contributed by atoms with Crippen LogP contribution in [0.5, 0.6) is 17.2 Å². The highest BCUT2D eigenvalue weighted by molar-refractivity contribution is 6.02. The number of carboxylic acid groups (broad SMARTS) is 2. The second-order valence-electron chi connectivity index (χ2n) is 6.72. The number of aromatic carboxylic acids is 2. The van der Waals surface area contributed by atoms with E-state index >= 15 is 0 Å². The minimum atomic E-state index is -1.44. The number of nitrogens with zero attached hydrogens (tertiary/aromatic N) is 1. The smallest absolute Gasteiger partial charge is 0.336 e. The third kappa shape index (κ3) is 5.41. The van der Waals surface area contributed by atoms with Gasteiger partial charge in [-0.2, -0.15) is 0 Å². The second kappa shape index (κ2) is 9.47. The first-order valence-corrected chi connectivity index (χ1v) is 9.29. The minimum Gasteiger partial charge on any atom is -0.502 e. The van der Waals surface area contributed by atoms with Crippen molar-refractivity contribution in [3.8, 4) is 17.2 Å². The molecule has 168 valence electrons. The normalized spacial score (nSPS) is 10.3. The van der Waals surface area contributed by atoms with E-state index in [0.717, 1.165) is 24.3 Å². The standard InChI is InChI=1S/C22H16N2O9/c25-18-8-5-12(9-17(18)24(31)32)10-20(26)23-16-3-1-2-4-19(16)33-13-6-7-14(21(27)28)15(11-13)22(29)30/h1-9,11,25H,10H2,(H,23,26)(H,27,28)(H,29,30). The molecule has 0 bridgehead atoms. The summed E-state index contributed by atoms with van der Waals surface area (Å²) in [5, 5.41) is 41.5. The van der Waals surface area contributed by atoms with Crippen molar-refractivity contribution in [3.05, 3.63) is 87.5 Å². The number of carbonyl (C=O) groups excluding carboxylic acids is 1. The van der Waals surface area contributed by atoms with Gasteiger partial charge in [0.25, 0.3) is 0 Å². The zero-order chi connectivity index (χ0) is 24.1. The van der Waals surface area contributed by atoms with E-state index in [-0.39, 0.29) is 23.6 Å². The fourth-order valence-electron chi connectivity index (χ4n) is 2.94. The van der Waals surface area contributed by atoms with Crippen molar-refractivity contribution in [2.45, 2.75) is 6.42 Å². The van der Waals surface area contributed by atoms with Gasteiger partial charge in [0, 0.05) is 6.07 Å². The Bertz CT molecular complexity index is 1270. The summed E-state index contributed by atoms with van der Waals surface area (Å²) in [4.78, 5) is 45.2. The molecule has 33 heavy (non-hydrogen) atoms. The number of phenolic OH excluding ortho intramolecular Hbond substituents is 1. The van der Waals surface area contributed by atoms with Crippen LogP contribution in [0.4, 0.5) is 11.4 Å². The zero-order valence-electron chi connectivity index (χ0n) is 16.7. The lowest BCUT2D eigenvalue weighted by Crippen LogP contribution is -2.15. The molecule has 0 fully saturated rings. The molecule has 3 aromatic carbocycles. The quantitative estimate of drug-likeness (QED) is 0.293. The summed E-state index contributed by atoms with van der Waals surface area (Å²) in [5.41, 5.74) is -0.862. The first-order valence-electron chi connectivity index (χ1n) is 9.29. The van der Waals surface area contributed by atoms with Gasteiger partial charge < -0.3 is 25.4 Å². The van der Waals surface area contributed by atoms with Crippen LogP contribution in [0.25, 0.3) is 0 Å². The van der Waals surface area contributed by atoms with Gasteiger partial charge in [-0.05, 0) is 42.0 Å². The van der Waals surface area contributed by atoms with Crippen molar-refractivity contribution >= 4 is 29.2 Å². The predicted molar refractivity (Wildman–Crippen MR) is 114 cm³/mol. The van der Waals surface area contributed by atoms with Crippen LogP contribution in [0.15, 0.2) is 60.7 Å². The van der Waals surface area contributed by atoms with Gasteiger partial charge >= 0.3 is 17.6 Å². The molecule has 0 spiro atoms. The highest BCUT2D eigenvalue weighted by Gasteiger charge is 2.18. The second-order valence-corrected chi connectivity index (χ2v) is 6.72. The Labute approximate surface area is 185 Å². The number of nitrogens with one attached hydrogen (secondary N) is 1. The molecule has 0 saturated carbocycles. The first kappa shape index (κ1) is 22.7. The number of nitro benzene ring substituents is 1. The number of anilines is 1. The van der Waals surface area contributed by atoms with E-state index in [1.165, 1.54) is 24.3 Å². The fraction of sp³-hybridized carbons (Fsp3) is 0.0455. The number of para-hydroxylation sites is 2. The molecular weight excluding hydrogens is 436 g/mol. The average Bonchev–Trinajstić information content (AvgIpc) is 2.76. The van der Waals surface area contributed by atoms with E-state index in [1.807, 2.05) is 0 Å². The third-order valence-electron chi connectivity index (χ3n) is 4.44. The lowest BCUT2D eigenvalue weighted by atomic mass is 10.1. The number of carbonyl (C=O) groups is 3. The molecule has 11 heteroatoms. The molecule has 1 amide bonds. The van der Waals surface area contributed by atoms with E-state index in [2.05, 4.69) is 5.32 Å². The number of ether oxygens (including phenoxy) is 1. The van der Waals surface area contributed by atoms with Crippen LogP contribution in [0.3, 0.4) is 0 Å². The van der Waals surface area contributed by atoms with Gasteiger partial charge in [0.15, 0.2) is 11.5 Å². The summed E-state index contributed by atoms with van der Waals surface area (Å²) in [6, 6.07) is 13.3. The summed E-state index contributed by atoms with van der Waals surface area (Å²) < 4.78 is 5.66. The Kier molecular flexibility index (Phi) is 6.53. The molecule has 0 radical (unpaired) electrons. The zero-order valence-corrected chi connectivity index (χ0v) is 16.7. The van der Waals surface area contributed by atoms with E-state index < -0.39 is 45.3 Å². The molecule has 0 aliphatic heterocycles. The number of hydrogen-bond acceptors (Lipinski definition) is 7. The molecule has 0 aromatic heterocycles. The molecule has 0 heterocycles. The van der Waals surface area contributed by atoms with Gasteiger partial charge in [-0.15, -0.1) is 0 Å². The molecule has 0 aliphatic rings. The van der Waals surface area contributed by atoms with Crippen LogP contribution >= 0.6 is 0 Å². The fourth-order valence-corrected chi connectivity index (χ4v) is 2.94. The Hall–Kier alpha value is -4.93. The lowest BCUT2D eigenvalue weighted by Gasteiger charge is -2.13. The van der Waals surface area contributed by atoms with Gasteiger partial charge in [-0.1, -0.05) is 18.2 Å². The van der Waals surface area contributed by atoms with Crippen LogP contribution in [-0.2, 0) is 11.2 Å². The number of benzene rings is 3. The Morgan fingerprint density at radius 3 is 2.30 bits per heavy atom. The van der Waals surface area contributed by atoms with E-state index in [1.54, 1.807) is 12.1 Å². The van der Waals surface area contributed by atoms with Crippen molar-refractivity contribution in [1.82, 2.24) is 0 Å². The SMILES string of the molecule is O=C(Cc1ccc(O)c([N+](=O)[O-])c1)Nc1ccccc1Oc1ccc(C(=O)O)c(C(=O)O)c1. The number of phenols is 1. The summed E-state index contributed by atoms with van der Waals surface area (Å²) in [7, 11) is 0. The van der Waals surface area contributed by atoms with Crippen LogP contribution in [0.2, 0.25) is 0 Å². The van der Waals surface area contributed by atoms with Crippen molar-refractivity contribution < 1.29 is 39.4 Å². The topological polar surface area (TPSA) is 176 Å². The Balaban J connectivity index is 1.80. The average molecular weight is 452 g/mol. The number of carboxylic acids is 2. The first-order chi connectivity index (χ1) is 15.7. The Morgan fingerprint density at radius 1 is 0.939 bits per heavy atom. The highest BCUT2D eigenvalue weighted by atomic mass is 16.6. The summed E-state index contributed by atoms with van der Waals surface area (Å²) in [5.74, 6) is -3.70. The monoisotopic (exact) mass is 452 g/mol. The van der Waals surface area contributed by atoms with Crippen LogP contribution in [-0.4, -0.2) is 38.1 Å². The number of rotatable bonds is 8. The van der Waals surface area contributed by atoms with Crippen LogP contribution in [0, 0.1) is 10.1 Å². The van der Waals surface area contributed by atoms with E-state index in [0.29, 0.717) is 5.56 Å². The van der Waals surface area contributed by atoms with Gasteiger partial charge in [0.1, 0.15) is 5.75 Å². The van der Waals surface area contributed by atoms with Crippen molar-refractivity contribution in [1.29, 1.82) is 0 Å². The summed E-state index contributed by atoms with van der Waals surface area (Å²) >= 11 is 0. The molecule has 0 saturated heterocycles. The van der Waals surface area contributed by atoms with Gasteiger partial charge in [-0.25, -0.2) is 9.59 Å². The van der Waals surface area contributed by atoms with Gasteiger partial charge in [-0.3, -0.25) is 14.9 Å². The molecular formula is C22H16N2O9. The molecule has 4 N–H and O–H groups in total. The van der Waals surface area contributed by atoms with Crippen LogP contribution in [0.1, 0.15) is 26.3 Å². The number of hydrogen-bond donors (Lipinski definition) is 4. The maximum atomic E-state index is 12.5. The molecule has 3 aromatic rings. The maximum Gasteiger partial charge on any atom is 0.336 e. The van der Waals surface area contributed by atoms with E-state index in [9.17, 15) is 34.7 Å². The minimum absolute atomic E-state index is 0.0354. The Morgan fingerprint density at radius 2 is 1.64 bits per heavy atom. The molecule has 11 nitrogen and oxygen atoms in total. The van der Waals surface area contributed by atoms with Crippen molar-refractivity contribution in [2.24, 2.45) is 0 Å². The number of amides is 1. The van der Waals surface area contributed by atoms with Crippen molar-refractivity contribution in [2.75, 3.05) is 5.32 Å². The molecule has 0 atom stereocenters. The van der Waals surface area contributed by atoms with Gasteiger partial charge in [0.2, 0.25) is 5.91 Å². The molecule has 3 rings (SSSR count). The van der Waals surface area contributed by atoms with Gasteiger partial charge in [0.05, 0.1) is 28.2 Å². The van der Waals surface area contributed by atoms with Crippen LogP contribution < -0.4 is 10.1 Å².